The van der Waals surface area contributed by atoms with E-state index in [1.54, 1.807) is 45.8 Å². The number of likely N-dealkylation sites (N-methyl/N-ethyl adjacent to an activating group) is 3. The number of aliphatic hydroxyl groups excluding tert-OH is 1. The molecule has 0 saturated carbocycles. The molecule has 0 spiro atoms. The van der Waals surface area contributed by atoms with Crippen molar-refractivity contribution in [3.05, 3.63) is 82.8 Å². The zero-order chi connectivity index (χ0) is 45.0. The van der Waals surface area contributed by atoms with Gasteiger partial charge in [-0.2, -0.15) is 0 Å². The van der Waals surface area contributed by atoms with Gasteiger partial charge in [-0.25, -0.2) is 34.3 Å². The molecule has 3 aliphatic heterocycles. The van der Waals surface area contributed by atoms with E-state index in [-0.39, 0.29) is 102 Å². The minimum absolute atomic E-state index is 0. The van der Waals surface area contributed by atoms with Crippen molar-refractivity contribution in [2.24, 2.45) is 0 Å². The summed E-state index contributed by atoms with van der Waals surface area (Å²) in [5, 5.41) is 10.3. The molecule has 3 fully saturated rings. The summed E-state index contributed by atoms with van der Waals surface area (Å²) in [6.07, 6.45) is 4.45. The maximum absolute atomic E-state index is 11.8. The van der Waals surface area contributed by atoms with Crippen LogP contribution in [0.15, 0.2) is 36.8 Å². The summed E-state index contributed by atoms with van der Waals surface area (Å²) in [5.74, 6) is 0.642. The average Bonchev–Trinajstić information content (AvgIpc) is 3.69. The molecule has 3 aliphatic rings. The molecule has 3 radical (unpaired) electrons. The number of aliphatic hydroxyl groups is 1. The molecule has 0 bridgehead atoms. The number of carbonyl (C=O) groups is 5. The van der Waals surface area contributed by atoms with Crippen LogP contribution in [0.4, 0.5) is 21.2 Å². The number of pyridine rings is 3. The number of β-amino-alcohol motifs (C(OH)–C–C–N with tert-alkyl or cyclic N) is 1. The molecular weight excluding hydrogens is 1590 g/mol. The monoisotopic (exact) mass is 1640 g/mol. The molecule has 3 aromatic heterocycles. The number of hydrogen-bond donors (Lipinski definition) is 1. The van der Waals surface area contributed by atoms with E-state index in [9.17, 15) is 29.1 Å². The Hall–Kier alpha value is 1.66. The molecular formula is C37H54BClI6N8NaO6V2-. The first kappa shape index (κ1) is 72.6. The molecule has 14 nitrogen and oxygen atoms in total. The molecule has 6 rings (SSSR count). The summed E-state index contributed by atoms with van der Waals surface area (Å²) in [6, 6.07) is 4.89. The van der Waals surface area contributed by atoms with Gasteiger partial charge >= 0.3 is 156 Å². The van der Waals surface area contributed by atoms with Crippen molar-refractivity contribution in [1.29, 1.82) is 0 Å². The van der Waals surface area contributed by atoms with Crippen LogP contribution in [0.3, 0.4) is 0 Å². The Balaban J connectivity index is -0.000000162. The van der Waals surface area contributed by atoms with Crippen LogP contribution in [-0.4, -0.2) is 125 Å². The largest absolute Gasteiger partial charge is 1.00 e. The second-order valence-electron chi connectivity index (χ2n) is 12.4. The normalized spacial score (nSPS) is 14.5. The van der Waals surface area contributed by atoms with Crippen molar-refractivity contribution in [3.63, 3.8) is 0 Å². The number of aryl methyl sites for hydroxylation is 6. The number of Topliss-reactive ketones (excluding diaryl/α,β-unsaturated/α-hetero) is 1. The van der Waals surface area contributed by atoms with Gasteiger partial charge in [-0.1, -0.05) is 41.6 Å². The Kier molecular flexibility index (Phi) is 45.1. The quantitative estimate of drug-likeness (QED) is 0.0540. The zero-order valence-electron chi connectivity index (χ0n) is 37.1. The van der Waals surface area contributed by atoms with Gasteiger partial charge in [0.25, 0.3) is 5.91 Å². The van der Waals surface area contributed by atoms with Crippen molar-refractivity contribution < 1.29 is 74.4 Å². The van der Waals surface area contributed by atoms with Gasteiger partial charge in [0.15, 0.2) is 12.0 Å². The van der Waals surface area contributed by atoms with Gasteiger partial charge in [0, 0.05) is 48.1 Å². The van der Waals surface area contributed by atoms with Gasteiger partial charge in [0.1, 0.15) is 23.3 Å². The number of aromatic nitrogens is 3. The maximum atomic E-state index is 11.8. The molecule has 1 unspecified atom stereocenters. The molecule has 0 aromatic carbocycles. The smallest absolute Gasteiger partial charge is 1.00 e. The second-order valence-corrected chi connectivity index (χ2v) is 60.0. The summed E-state index contributed by atoms with van der Waals surface area (Å²) >= 11 is 19.9. The predicted molar refractivity (Wildman–Crippen MR) is 295 cm³/mol. The summed E-state index contributed by atoms with van der Waals surface area (Å²) in [4.78, 5) is 76.6. The molecule has 1 atom stereocenters. The van der Waals surface area contributed by atoms with Crippen LogP contribution in [0.1, 0.15) is 48.7 Å². The molecule has 6 heterocycles. The maximum Gasteiger partial charge on any atom is 1.00 e. The summed E-state index contributed by atoms with van der Waals surface area (Å²) in [5.41, 5.74) is 6.54. The Labute approximate surface area is 479 Å². The standard InChI is InChI=1S/C11H15N3O2.C11H13N3O2.C7H8ClN.C5H7NO2.CH3I.CH4.CH3.B.5HI.Na.2V.H/c2*1-7-4-9(12-5-8(7)2)14-10(15)6-13(3)11(14)16;1-5-3-7(8)9-4-6(5)2;1-6-3-4(7)2-5(6)8;1-2;;;;;;;;;;;;/h4-5,10,15H,6H2,1-3H3;4-5H,6H2,1-3H3;3-4H,1-2H3;2-3H2,1H3;1H3;1H4;1H3;;5*1H;;;;/q;;;;;;-1;;;;;;;+1;+2;+3;-1/p-5. The van der Waals surface area contributed by atoms with Crippen LogP contribution in [0, 0.1) is 49.0 Å². The molecule has 1 N–H and O–H groups in total. The third-order valence-corrected chi connectivity index (χ3v) is 8.33. The van der Waals surface area contributed by atoms with Crippen molar-refractivity contribution in [1.82, 2.24) is 29.7 Å². The molecule has 6 amide bonds. The number of halogens is 7. The van der Waals surface area contributed by atoms with Crippen LogP contribution in [0.5, 0.6) is 0 Å². The van der Waals surface area contributed by atoms with E-state index in [1.807, 2.05) is 58.6 Å². The number of amides is 6. The third-order valence-electron chi connectivity index (χ3n) is 8.13. The number of alkyl halides is 1. The Morgan fingerprint density at radius 2 is 1.11 bits per heavy atom. The van der Waals surface area contributed by atoms with Gasteiger partial charge in [-0.15, -0.1) is 0 Å². The number of ketones is 1. The fourth-order valence-electron chi connectivity index (χ4n) is 4.59. The minimum atomic E-state index is -0.813. The number of hydrogen-bond acceptors (Lipinski definition) is 9. The predicted octanol–water partition coefficient (Wildman–Crippen LogP) is 7.05. The van der Waals surface area contributed by atoms with Gasteiger partial charge in [-0.3, -0.25) is 14.4 Å². The minimum Gasteiger partial charge on any atom is 1.00 e. The molecule has 25 heteroatoms. The Morgan fingerprint density at radius 1 is 0.710 bits per heavy atom. The first-order valence-electron chi connectivity index (χ1n) is 16.6. The Bertz CT molecular complexity index is 1880. The number of carbonyl (C=O) groups excluding carboxylic acids is 5. The van der Waals surface area contributed by atoms with E-state index >= 15 is 0 Å². The van der Waals surface area contributed by atoms with E-state index in [1.165, 1.54) is 30.7 Å². The number of rotatable bonds is 2. The van der Waals surface area contributed by atoms with Crippen LogP contribution < -0.4 is 39.4 Å². The number of anilines is 2. The van der Waals surface area contributed by atoms with E-state index in [2.05, 4.69) is 137 Å². The number of nitrogens with zero attached hydrogens (tertiary/aromatic N) is 8. The first-order chi connectivity index (χ1) is 27.0. The Morgan fingerprint density at radius 3 is 1.40 bits per heavy atom. The summed E-state index contributed by atoms with van der Waals surface area (Å²) < 4.78 is 0. The zero-order valence-corrected chi connectivity index (χ0v) is 54.5. The van der Waals surface area contributed by atoms with Crippen LogP contribution in [0.25, 0.3) is 0 Å². The van der Waals surface area contributed by atoms with E-state index in [0.717, 1.165) is 27.2 Å². The average molecular weight is 1640 g/mol. The second kappa shape index (κ2) is 38.5. The molecule has 3 aromatic rings. The van der Waals surface area contributed by atoms with Crippen molar-refractivity contribution in [2.45, 2.75) is 61.6 Å². The van der Waals surface area contributed by atoms with Crippen LogP contribution in [0.2, 0.25) is 5.15 Å². The number of likely N-dealkylation sites (tertiary alicyclic amines) is 1. The third kappa shape index (κ3) is 26.4. The molecule has 62 heavy (non-hydrogen) atoms. The topological polar surface area (TPSA) is 160 Å². The fraction of sp³-hybridized carbons (Fsp3) is 0.432. The number of imide groups is 1. The summed E-state index contributed by atoms with van der Waals surface area (Å²) in [7, 11) is 5.52. The van der Waals surface area contributed by atoms with E-state index in [0.29, 0.717) is 39.3 Å². The summed E-state index contributed by atoms with van der Waals surface area (Å²) in [6.45, 7) is 12.5. The van der Waals surface area contributed by atoms with Crippen molar-refractivity contribution >= 4 is 184 Å². The van der Waals surface area contributed by atoms with Crippen molar-refractivity contribution in [3.8, 4) is 0 Å². The SMILES string of the molecule is C.CI.CN1CC(=O)CC1=O.Cc1cnc(Cl)cc1C.Cc1cnc(N2C(=O)CN(C)C2=O)cc1C.Cc1cnc(N2C(=O)N(C)CC2O)cc1C.[B].[CH3-].[H-].[I][V]([I])[I].[I][V][I].[Na+]. The molecule has 3 saturated heterocycles. The van der Waals surface area contributed by atoms with Gasteiger partial charge in [0.05, 0.1) is 19.5 Å². The van der Waals surface area contributed by atoms with Crippen LogP contribution in [-0.2, 0) is 28.8 Å². The van der Waals surface area contributed by atoms with E-state index in [4.69, 9.17) is 11.6 Å². The van der Waals surface area contributed by atoms with Crippen LogP contribution >= 0.6 is 134 Å². The molecule has 0 aliphatic carbocycles. The van der Waals surface area contributed by atoms with Crippen molar-refractivity contribution in [2.75, 3.05) is 55.5 Å². The molecule has 342 valence electrons. The first-order valence-corrected chi connectivity index (χ1v) is 41.7. The van der Waals surface area contributed by atoms with Gasteiger partial charge in [-0.05, 0) is 98.1 Å². The fourth-order valence-corrected chi connectivity index (χ4v) is 4.80. The number of urea groups is 2. The van der Waals surface area contributed by atoms with Gasteiger partial charge < -0.3 is 28.7 Å². The van der Waals surface area contributed by atoms with Gasteiger partial charge in [0.2, 0.25) is 5.91 Å². The van der Waals surface area contributed by atoms with E-state index < -0.39 is 6.23 Å².